The summed E-state index contributed by atoms with van der Waals surface area (Å²) in [7, 11) is 0. The second kappa shape index (κ2) is 4.42. The van der Waals surface area contributed by atoms with Gasteiger partial charge in [0.2, 0.25) is 0 Å². The molecular formula is C13H15BrN2S. The summed E-state index contributed by atoms with van der Waals surface area (Å²) in [6, 6.07) is 8.36. The molecule has 2 nitrogen and oxygen atoms in total. The van der Waals surface area contributed by atoms with Crippen molar-refractivity contribution in [3.05, 3.63) is 44.9 Å². The van der Waals surface area contributed by atoms with Crippen molar-refractivity contribution in [2.45, 2.75) is 26.2 Å². The van der Waals surface area contributed by atoms with Crippen LogP contribution in [0, 0.1) is 6.92 Å². The lowest BCUT2D eigenvalue weighted by Gasteiger charge is -2.24. The molecule has 0 aliphatic heterocycles. The van der Waals surface area contributed by atoms with Crippen molar-refractivity contribution in [2.75, 3.05) is 5.73 Å². The van der Waals surface area contributed by atoms with E-state index in [9.17, 15) is 0 Å². The van der Waals surface area contributed by atoms with Crippen molar-refractivity contribution in [2.24, 2.45) is 0 Å². The molecule has 0 bridgehead atoms. The molecule has 2 rings (SSSR count). The van der Waals surface area contributed by atoms with Crippen LogP contribution in [0.4, 0.5) is 5.13 Å². The smallest absolute Gasteiger partial charge is 0.180 e. The molecule has 17 heavy (non-hydrogen) atoms. The number of anilines is 1. The Bertz CT molecular complexity index is 529. The molecule has 90 valence electrons. The number of benzene rings is 1. The Labute approximate surface area is 114 Å². The van der Waals surface area contributed by atoms with Gasteiger partial charge in [0.25, 0.3) is 0 Å². The van der Waals surface area contributed by atoms with Gasteiger partial charge in [-0.2, -0.15) is 0 Å². The third-order valence-electron chi connectivity index (χ3n) is 2.97. The van der Waals surface area contributed by atoms with Crippen LogP contribution in [0.1, 0.15) is 30.0 Å². The first-order chi connectivity index (χ1) is 7.91. The van der Waals surface area contributed by atoms with E-state index in [2.05, 4.69) is 66.0 Å². The number of rotatable bonds is 2. The van der Waals surface area contributed by atoms with E-state index in [1.54, 1.807) is 11.3 Å². The first kappa shape index (κ1) is 12.6. The molecule has 0 spiro atoms. The SMILES string of the molecule is Cc1sc(N)nc1C(C)(C)c1ccc(Br)cc1. The topological polar surface area (TPSA) is 38.9 Å². The Morgan fingerprint density at radius 1 is 1.24 bits per heavy atom. The molecule has 2 aromatic rings. The van der Waals surface area contributed by atoms with Gasteiger partial charge in [-0.05, 0) is 24.6 Å². The van der Waals surface area contributed by atoms with Gasteiger partial charge in [-0.1, -0.05) is 41.9 Å². The lowest BCUT2D eigenvalue weighted by Crippen LogP contribution is -2.20. The second-order valence-corrected chi connectivity index (χ2v) is 6.74. The minimum absolute atomic E-state index is 0.112. The number of nitrogens with zero attached hydrogens (tertiary/aromatic N) is 1. The number of aryl methyl sites for hydroxylation is 1. The average Bonchev–Trinajstić information content (AvgIpc) is 2.59. The third-order valence-corrected chi connectivity index (χ3v) is 4.30. The van der Waals surface area contributed by atoms with E-state index < -0.39 is 0 Å². The second-order valence-electron chi connectivity index (χ2n) is 4.59. The van der Waals surface area contributed by atoms with Crippen molar-refractivity contribution < 1.29 is 0 Å². The fourth-order valence-corrected chi connectivity index (χ4v) is 3.11. The van der Waals surface area contributed by atoms with E-state index in [-0.39, 0.29) is 5.41 Å². The number of thiazole rings is 1. The zero-order valence-electron chi connectivity index (χ0n) is 10.1. The molecule has 0 atom stereocenters. The van der Waals surface area contributed by atoms with Gasteiger partial charge < -0.3 is 5.73 Å². The Kier molecular flexibility index (Phi) is 3.27. The highest BCUT2D eigenvalue weighted by atomic mass is 79.9. The van der Waals surface area contributed by atoms with Gasteiger partial charge in [0.05, 0.1) is 5.69 Å². The normalized spacial score (nSPS) is 11.8. The summed E-state index contributed by atoms with van der Waals surface area (Å²) < 4.78 is 1.09. The Morgan fingerprint density at radius 2 is 1.82 bits per heavy atom. The number of nitrogens with two attached hydrogens (primary N) is 1. The Morgan fingerprint density at radius 3 is 2.29 bits per heavy atom. The number of halogens is 1. The van der Waals surface area contributed by atoms with E-state index in [1.807, 2.05) is 0 Å². The highest BCUT2D eigenvalue weighted by Gasteiger charge is 2.28. The highest BCUT2D eigenvalue weighted by Crippen LogP contribution is 2.36. The number of aromatic nitrogens is 1. The van der Waals surface area contributed by atoms with Gasteiger partial charge in [-0.15, -0.1) is 11.3 Å². The van der Waals surface area contributed by atoms with Gasteiger partial charge in [0, 0.05) is 14.8 Å². The molecule has 1 aromatic heterocycles. The molecule has 0 fully saturated rings. The van der Waals surface area contributed by atoms with E-state index in [1.165, 1.54) is 10.4 Å². The van der Waals surface area contributed by atoms with Gasteiger partial charge in [0.15, 0.2) is 5.13 Å². The Balaban J connectivity index is 2.49. The molecule has 0 saturated heterocycles. The number of nitrogen functional groups attached to an aromatic ring is 1. The number of hydrogen-bond acceptors (Lipinski definition) is 3. The maximum Gasteiger partial charge on any atom is 0.180 e. The zero-order valence-corrected chi connectivity index (χ0v) is 12.5. The molecule has 0 saturated carbocycles. The molecular weight excluding hydrogens is 296 g/mol. The van der Waals surface area contributed by atoms with Gasteiger partial charge in [0.1, 0.15) is 0 Å². The summed E-state index contributed by atoms with van der Waals surface area (Å²) in [5.41, 5.74) is 7.98. The van der Waals surface area contributed by atoms with E-state index in [0.717, 1.165) is 10.2 Å². The minimum Gasteiger partial charge on any atom is -0.375 e. The zero-order chi connectivity index (χ0) is 12.6. The standard InChI is InChI=1S/C13H15BrN2S/c1-8-11(16-12(15)17-8)13(2,3)9-4-6-10(14)7-5-9/h4-7H,1-3H3,(H2,15,16). The molecule has 4 heteroatoms. The molecule has 0 radical (unpaired) electrons. The minimum atomic E-state index is -0.112. The largest absolute Gasteiger partial charge is 0.375 e. The third kappa shape index (κ3) is 2.38. The van der Waals surface area contributed by atoms with Gasteiger partial charge in [-0.25, -0.2) is 4.98 Å². The van der Waals surface area contributed by atoms with Crippen molar-refractivity contribution in [3.63, 3.8) is 0 Å². The van der Waals surface area contributed by atoms with E-state index in [0.29, 0.717) is 5.13 Å². The van der Waals surface area contributed by atoms with Crippen LogP contribution in [0.3, 0.4) is 0 Å². The summed E-state index contributed by atoms with van der Waals surface area (Å²) in [5.74, 6) is 0. The molecule has 1 heterocycles. The fourth-order valence-electron chi connectivity index (χ4n) is 2.00. The predicted molar refractivity (Wildman–Crippen MR) is 77.5 cm³/mol. The molecule has 1 aromatic carbocycles. The molecule has 0 aliphatic rings. The van der Waals surface area contributed by atoms with Gasteiger partial charge in [-0.3, -0.25) is 0 Å². The molecule has 0 unspecified atom stereocenters. The monoisotopic (exact) mass is 310 g/mol. The van der Waals surface area contributed by atoms with Crippen molar-refractivity contribution in [1.82, 2.24) is 4.98 Å². The lowest BCUT2D eigenvalue weighted by molar-refractivity contribution is 0.618. The lowest BCUT2D eigenvalue weighted by atomic mass is 9.81. The molecule has 0 aliphatic carbocycles. The summed E-state index contributed by atoms with van der Waals surface area (Å²) in [6.45, 7) is 6.43. The van der Waals surface area contributed by atoms with Gasteiger partial charge >= 0.3 is 0 Å². The van der Waals surface area contributed by atoms with Crippen LogP contribution in [-0.4, -0.2) is 4.98 Å². The first-order valence-electron chi connectivity index (χ1n) is 5.40. The van der Waals surface area contributed by atoms with Crippen molar-refractivity contribution in [3.8, 4) is 0 Å². The van der Waals surface area contributed by atoms with Crippen LogP contribution >= 0.6 is 27.3 Å². The molecule has 2 N–H and O–H groups in total. The van der Waals surface area contributed by atoms with E-state index >= 15 is 0 Å². The van der Waals surface area contributed by atoms with Crippen LogP contribution in [0.15, 0.2) is 28.7 Å². The Hall–Kier alpha value is -0.870. The van der Waals surface area contributed by atoms with Crippen LogP contribution in [0.25, 0.3) is 0 Å². The fraction of sp³-hybridized carbons (Fsp3) is 0.308. The maximum absolute atomic E-state index is 5.78. The van der Waals surface area contributed by atoms with E-state index in [4.69, 9.17) is 5.73 Å². The summed E-state index contributed by atoms with van der Waals surface area (Å²) in [5, 5.41) is 0.641. The highest BCUT2D eigenvalue weighted by molar-refractivity contribution is 9.10. The first-order valence-corrected chi connectivity index (χ1v) is 7.01. The maximum atomic E-state index is 5.78. The predicted octanol–water partition coefficient (Wildman–Crippen LogP) is 4.12. The number of hydrogen-bond donors (Lipinski definition) is 1. The van der Waals surface area contributed by atoms with Crippen molar-refractivity contribution >= 4 is 32.4 Å². The summed E-state index contributed by atoms with van der Waals surface area (Å²) in [6.07, 6.45) is 0. The molecule has 0 amide bonds. The quantitative estimate of drug-likeness (QED) is 0.906. The van der Waals surface area contributed by atoms with Crippen molar-refractivity contribution in [1.29, 1.82) is 0 Å². The van der Waals surface area contributed by atoms with Crippen LogP contribution in [0.2, 0.25) is 0 Å². The van der Waals surface area contributed by atoms with Crippen LogP contribution < -0.4 is 5.73 Å². The average molecular weight is 311 g/mol. The summed E-state index contributed by atoms with van der Waals surface area (Å²) in [4.78, 5) is 5.66. The summed E-state index contributed by atoms with van der Waals surface area (Å²) >= 11 is 5.00. The van der Waals surface area contributed by atoms with Crippen LogP contribution in [-0.2, 0) is 5.41 Å². The van der Waals surface area contributed by atoms with Crippen LogP contribution in [0.5, 0.6) is 0 Å².